The molecule has 0 aromatic rings. The fourth-order valence-corrected chi connectivity index (χ4v) is 3.86. The van der Waals surface area contributed by atoms with E-state index in [2.05, 4.69) is 25.9 Å². The molecule has 0 spiro atoms. The minimum absolute atomic E-state index is 0.0835. The average Bonchev–Trinajstić information content (AvgIpc) is 3.06. The zero-order valence-electron chi connectivity index (χ0n) is 21.8. The van der Waals surface area contributed by atoms with Gasteiger partial charge in [-0.1, -0.05) is 86.2 Å². The Morgan fingerprint density at radius 1 is 1.20 bits per heavy atom. The van der Waals surface area contributed by atoms with Crippen LogP contribution in [0.2, 0.25) is 0 Å². The molecule has 7 heteroatoms. The SMILES string of the molecule is CC/C=C\C=C/CCN(C=O)/C(=N\O)C(CC(C)C)N(CCCCN)C(=O)C1C=CC=C(C)C=C1. The number of rotatable bonds is 15. The number of nitrogens with two attached hydrogens (primary N) is 1. The summed E-state index contributed by atoms with van der Waals surface area (Å²) >= 11 is 0. The monoisotopic (exact) mass is 484 g/mol. The average molecular weight is 485 g/mol. The fraction of sp³-hybridized carbons (Fsp3) is 0.536. The highest BCUT2D eigenvalue weighted by atomic mass is 16.4. The number of amidine groups is 1. The molecular weight excluding hydrogens is 440 g/mol. The highest BCUT2D eigenvalue weighted by Gasteiger charge is 2.34. The van der Waals surface area contributed by atoms with Crippen LogP contribution in [0.5, 0.6) is 0 Å². The lowest BCUT2D eigenvalue weighted by Gasteiger charge is -2.37. The van der Waals surface area contributed by atoms with Crippen LogP contribution in [0.4, 0.5) is 0 Å². The topological polar surface area (TPSA) is 99.2 Å². The van der Waals surface area contributed by atoms with Crippen LogP contribution in [0, 0.1) is 11.8 Å². The first kappa shape index (κ1) is 30.1. The molecule has 1 rings (SSSR count). The van der Waals surface area contributed by atoms with Crippen LogP contribution in [-0.4, -0.2) is 58.8 Å². The van der Waals surface area contributed by atoms with Gasteiger partial charge in [0.2, 0.25) is 12.3 Å². The van der Waals surface area contributed by atoms with Crippen molar-refractivity contribution >= 4 is 18.2 Å². The van der Waals surface area contributed by atoms with Gasteiger partial charge in [0.05, 0.1) is 12.0 Å². The van der Waals surface area contributed by atoms with E-state index in [9.17, 15) is 14.8 Å². The van der Waals surface area contributed by atoms with Crippen molar-refractivity contribution in [3.05, 3.63) is 60.3 Å². The Labute approximate surface area is 211 Å². The van der Waals surface area contributed by atoms with Crippen LogP contribution in [0.15, 0.2) is 65.4 Å². The fourth-order valence-electron chi connectivity index (χ4n) is 3.86. The Hall–Kier alpha value is -2.93. The van der Waals surface area contributed by atoms with Gasteiger partial charge in [0.1, 0.15) is 0 Å². The Morgan fingerprint density at radius 2 is 1.94 bits per heavy atom. The third-order valence-corrected chi connectivity index (χ3v) is 5.71. The lowest BCUT2D eigenvalue weighted by Crippen LogP contribution is -2.53. The van der Waals surface area contributed by atoms with Gasteiger partial charge in [-0.15, -0.1) is 0 Å². The van der Waals surface area contributed by atoms with Crippen molar-refractivity contribution < 1.29 is 14.8 Å². The number of amides is 2. The number of carbonyl (C=O) groups is 2. The number of allylic oxidation sites excluding steroid dienone is 7. The molecule has 0 fully saturated rings. The predicted molar refractivity (Wildman–Crippen MR) is 144 cm³/mol. The van der Waals surface area contributed by atoms with E-state index in [1.807, 2.05) is 61.6 Å². The molecule has 2 amide bonds. The van der Waals surface area contributed by atoms with Crippen molar-refractivity contribution in [3.63, 3.8) is 0 Å². The van der Waals surface area contributed by atoms with E-state index < -0.39 is 12.0 Å². The summed E-state index contributed by atoms with van der Waals surface area (Å²) in [6.07, 6.45) is 21.8. The first-order valence-electron chi connectivity index (χ1n) is 12.7. The maximum atomic E-state index is 13.8. The van der Waals surface area contributed by atoms with Crippen molar-refractivity contribution in [2.24, 2.45) is 22.7 Å². The van der Waals surface area contributed by atoms with Crippen LogP contribution in [-0.2, 0) is 9.59 Å². The quantitative estimate of drug-likeness (QED) is 0.0662. The summed E-state index contributed by atoms with van der Waals surface area (Å²) < 4.78 is 0. The van der Waals surface area contributed by atoms with Gasteiger partial charge in [0.15, 0.2) is 5.84 Å². The first-order valence-corrected chi connectivity index (χ1v) is 12.7. The molecular formula is C28H44N4O3. The molecule has 0 radical (unpaired) electrons. The Balaban J connectivity index is 3.26. The summed E-state index contributed by atoms with van der Waals surface area (Å²) in [7, 11) is 0. The molecule has 1 aliphatic carbocycles. The number of unbranched alkanes of at least 4 members (excludes halogenated alkanes) is 1. The van der Waals surface area contributed by atoms with Crippen LogP contribution < -0.4 is 5.73 Å². The highest BCUT2D eigenvalue weighted by Crippen LogP contribution is 2.21. The summed E-state index contributed by atoms with van der Waals surface area (Å²) in [5.41, 5.74) is 6.78. The van der Waals surface area contributed by atoms with Crippen molar-refractivity contribution in [1.29, 1.82) is 0 Å². The lowest BCUT2D eigenvalue weighted by atomic mass is 9.97. The van der Waals surface area contributed by atoms with E-state index in [0.29, 0.717) is 38.9 Å². The van der Waals surface area contributed by atoms with Gasteiger partial charge in [0, 0.05) is 13.1 Å². The molecule has 0 aliphatic heterocycles. The maximum Gasteiger partial charge on any atom is 0.233 e. The minimum Gasteiger partial charge on any atom is -0.409 e. The molecule has 0 aromatic heterocycles. The molecule has 194 valence electrons. The number of hydrogen-bond donors (Lipinski definition) is 2. The second kappa shape index (κ2) is 17.5. The zero-order chi connectivity index (χ0) is 26.1. The predicted octanol–water partition coefficient (Wildman–Crippen LogP) is 4.82. The Bertz CT molecular complexity index is 824. The van der Waals surface area contributed by atoms with Gasteiger partial charge in [-0.25, -0.2) is 0 Å². The second-order valence-electron chi connectivity index (χ2n) is 9.16. The summed E-state index contributed by atoms with van der Waals surface area (Å²) in [6.45, 7) is 9.50. The van der Waals surface area contributed by atoms with Crippen molar-refractivity contribution in [3.8, 4) is 0 Å². The van der Waals surface area contributed by atoms with Crippen LogP contribution in [0.25, 0.3) is 0 Å². The number of hydrogen-bond acceptors (Lipinski definition) is 5. The van der Waals surface area contributed by atoms with E-state index in [-0.39, 0.29) is 17.7 Å². The number of oxime groups is 1. The van der Waals surface area contributed by atoms with Gasteiger partial charge < -0.3 is 15.8 Å². The number of nitrogens with zero attached hydrogens (tertiary/aromatic N) is 3. The lowest BCUT2D eigenvalue weighted by molar-refractivity contribution is -0.134. The second-order valence-corrected chi connectivity index (χ2v) is 9.16. The summed E-state index contributed by atoms with van der Waals surface area (Å²) in [5.74, 6) is -0.115. The van der Waals surface area contributed by atoms with Crippen LogP contribution >= 0.6 is 0 Å². The molecule has 2 atom stereocenters. The van der Waals surface area contributed by atoms with Gasteiger partial charge in [-0.3, -0.25) is 14.5 Å². The standard InChI is InChI=1S/C28H44N4O3/c1-5-6-7-8-9-11-19-31(22-33)27(30-35)26(21-23(2)3)32(20-12-10-18-29)28(34)25-15-13-14-24(4)16-17-25/h6-9,13-17,22-23,25-26,35H,5,10-12,18-21,29H2,1-4H3/b7-6-,9-8-,30-27-. The zero-order valence-corrected chi connectivity index (χ0v) is 21.8. The van der Waals surface area contributed by atoms with E-state index >= 15 is 0 Å². The molecule has 1 aliphatic rings. The summed E-state index contributed by atoms with van der Waals surface area (Å²) in [4.78, 5) is 29.0. The molecule has 3 N–H and O–H groups in total. The smallest absolute Gasteiger partial charge is 0.233 e. The first-order chi connectivity index (χ1) is 16.9. The Morgan fingerprint density at radius 3 is 2.57 bits per heavy atom. The van der Waals surface area contributed by atoms with Crippen molar-refractivity contribution in [1.82, 2.24) is 9.80 Å². The van der Waals surface area contributed by atoms with E-state index in [1.54, 1.807) is 4.90 Å². The molecule has 0 saturated carbocycles. The third kappa shape index (κ3) is 10.9. The van der Waals surface area contributed by atoms with E-state index in [1.165, 1.54) is 4.90 Å². The molecule has 0 saturated heterocycles. The number of carbonyl (C=O) groups excluding carboxylic acids is 2. The minimum atomic E-state index is -0.543. The molecule has 2 unspecified atom stereocenters. The van der Waals surface area contributed by atoms with Gasteiger partial charge in [-0.2, -0.15) is 0 Å². The van der Waals surface area contributed by atoms with Gasteiger partial charge >= 0.3 is 0 Å². The highest BCUT2D eigenvalue weighted by molar-refractivity contribution is 5.97. The summed E-state index contributed by atoms with van der Waals surface area (Å²) in [5, 5.41) is 13.6. The summed E-state index contributed by atoms with van der Waals surface area (Å²) in [6, 6.07) is -0.543. The van der Waals surface area contributed by atoms with E-state index in [0.717, 1.165) is 24.8 Å². The largest absolute Gasteiger partial charge is 0.409 e. The van der Waals surface area contributed by atoms with Crippen molar-refractivity contribution in [2.75, 3.05) is 19.6 Å². The van der Waals surface area contributed by atoms with E-state index in [4.69, 9.17) is 5.73 Å². The van der Waals surface area contributed by atoms with Crippen LogP contribution in [0.1, 0.15) is 59.8 Å². The molecule has 0 heterocycles. The van der Waals surface area contributed by atoms with Crippen LogP contribution in [0.3, 0.4) is 0 Å². The maximum absolute atomic E-state index is 13.8. The molecule has 0 aromatic carbocycles. The molecule has 35 heavy (non-hydrogen) atoms. The normalized spacial score (nSPS) is 17.1. The van der Waals surface area contributed by atoms with Gasteiger partial charge in [0.25, 0.3) is 0 Å². The molecule has 7 nitrogen and oxygen atoms in total. The molecule has 0 bridgehead atoms. The third-order valence-electron chi connectivity index (χ3n) is 5.71. The Kier molecular flexibility index (Phi) is 15.0. The van der Waals surface area contributed by atoms with Gasteiger partial charge in [-0.05, 0) is 51.5 Å². The van der Waals surface area contributed by atoms with Crippen molar-refractivity contribution in [2.45, 2.75) is 65.8 Å².